The minimum absolute atomic E-state index is 0.274. The van der Waals surface area contributed by atoms with E-state index in [4.69, 9.17) is 9.15 Å². The average Bonchev–Trinajstić information content (AvgIpc) is 3.02. The van der Waals surface area contributed by atoms with Gasteiger partial charge in [0.15, 0.2) is 5.58 Å². The molecule has 0 bridgehead atoms. The Morgan fingerprint density at radius 3 is 2.77 bits per heavy atom. The zero-order valence-electron chi connectivity index (χ0n) is 15.7. The summed E-state index contributed by atoms with van der Waals surface area (Å²) in [5, 5.41) is 0. The second-order valence-corrected chi connectivity index (χ2v) is 7.04. The summed E-state index contributed by atoms with van der Waals surface area (Å²) >= 11 is 0. The topological polar surface area (TPSA) is 55.6 Å². The number of hydrogen-bond donors (Lipinski definition) is 0. The van der Waals surface area contributed by atoms with E-state index < -0.39 is 0 Å². The molecule has 5 heteroatoms. The third kappa shape index (κ3) is 4.29. The Morgan fingerprint density at radius 2 is 2.04 bits per heavy atom. The van der Waals surface area contributed by atoms with Gasteiger partial charge in [0.05, 0.1) is 12.2 Å². The monoisotopic (exact) mass is 352 g/mol. The molecule has 0 amide bonds. The molecule has 0 radical (unpaired) electrons. The molecule has 1 aromatic heterocycles. The van der Waals surface area contributed by atoms with Crippen LogP contribution in [0.15, 0.2) is 46.9 Å². The van der Waals surface area contributed by atoms with Crippen LogP contribution in [0.2, 0.25) is 0 Å². The molecule has 0 spiro atoms. The summed E-state index contributed by atoms with van der Waals surface area (Å²) < 4.78 is 11.3. The molecule has 5 nitrogen and oxygen atoms in total. The molecular weight excluding hydrogens is 328 g/mol. The smallest absolute Gasteiger partial charge is 0.338 e. The number of carbonyl (C=O) groups is 1. The fourth-order valence-corrected chi connectivity index (χ4v) is 2.93. The van der Waals surface area contributed by atoms with E-state index in [2.05, 4.69) is 16.8 Å². The Kier molecular flexibility index (Phi) is 5.38. The van der Waals surface area contributed by atoms with E-state index >= 15 is 0 Å². The van der Waals surface area contributed by atoms with Crippen LogP contribution in [0.4, 0.5) is 0 Å². The minimum Gasteiger partial charge on any atom is -0.462 e. The summed E-state index contributed by atoms with van der Waals surface area (Å²) in [5.41, 5.74) is 3.83. The quantitative estimate of drug-likeness (QED) is 0.624. The minimum atomic E-state index is -0.342. The van der Waals surface area contributed by atoms with Gasteiger partial charge < -0.3 is 14.1 Å². The fourth-order valence-electron chi connectivity index (χ4n) is 2.93. The third-order valence-corrected chi connectivity index (χ3v) is 4.06. The van der Waals surface area contributed by atoms with Gasteiger partial charge >= 0.3 is 5.97 Å². The fraction of sp³-hybridized carbons (Fsp3) is 0.333. The van der Waals surface area contributed by atoms with Crippen LogP contribution in [0.3, 0.4) is 0 Å². The Balaban J connectivity index is 1.75. The standard InChI is InChI=1S/C21H24N2O3/c1-14-6-5-7-16(10-14)20-22-18-9-8-17(11-19(18)26-20)21(24)25-13-15(2)12-23(3)4/h5-11,15H,12-13H2,1-4H3. The molecule has 0 fully saturated rings. The van der Waals surface area contributed by atoms with Crippen molar-refractivity contribution >= 4 is 17.1 Å². The number of ether oxygens (including phenoxy) is 1. The van der Waals surface area contributed by atoms with Crippen molar-refractivity contribution in [1.82, 2.24) is 9.88 Å². The molecule has 0 saturated carbocycles. The van der Waals surface area contributed by atoms with Gasteiger partial charge in [0.25, 0.3) is 0 Å². The van der Waals surface area contributed by atoms with Gasteiger partial charge in [-0.3, -0.25) is 0 Å². The van der Waals surface area contributed by atoms with Gasteiger partial charge in [0.2, 0.25) is 5.89 Å². The van der Waals surface area contributed by atoms with Crippen molar-refractivity contribution in [2.24, 2.45) is 5.92 Å². The second-order valence-electron chi connectivity index (χ2n) is 7.04. The highest BCUT2D eigenvalue weighted by Gasteiger charge is 2.14. The number of nitrogens with zero attached hydrogens (tertiary/aromatic N) is 2. The van der Waals surface area contributed by atoms with Crippen LogP contribution < -0.4 is 0 Å². The molecule has 0 aliphatic rings. The normalized spacial score (nSPS) is 12.5. The molecular formula is C21H24N2O3. The molecule has 0 N–H and O–H groups in total. The van der Waals surface area contributed by atoms with E-state index in [0.29, 0.717) is 23.6 Å². The molecule has 1 unspecified atom stereocenters. The summed E-state index contributed by atoms with van der Waals surface area (Å²) in [6.45, 7) is 5.34. The van der Waals surface area contributed by atoms with Crippen molar-refractivity contribution in [2.75, 3.05) is 27.2 Å². The average molecular weight is 352 g/mol. The number of aryl methyl sites for hydroxylation is 1. The lowest BCUT2D eigenvalue weighted by Gasteiger charge is -2.16. The lowest BCUT2D eigenvalue weighted by Crippen LogP contribution is -2.24. The number of benzene rings is 2. The van der Waals surface area contributed by atoms with E-state index in [-0.39, 0.29) is 11.9 Å². The van der Waals surface area contributed by atoms with Crippen molar-refractivity contribution in [1.29, 1.82) is 0 Å². The maximum atomic E-state index is 12.3. The van der Waals surface area contributed by atoms with Gasteiger partial charge in [-0.1, -0.05) is 24.6 Å². The Labute approximate surface area is 153 Å². The highest BCUT2D eigenvalue weighted by Crippen LogP contribution is 2.25. The van der Waals surface area contributed by atoms with E-state index in [1.54, 1.807) is 18.2 Å². The summed E-state index contributed by atoms with van der Waals surface area (Å²) in [4.78, 5) is 18.9. The van der Waals surface area contributed by atoms with E-state index in [9.17, 15) is 4.79 Å². The van der Waals surface area contributed by atoms with Crippen molar-refractivity contribution in [3.8, 4) is 11.5 Å². The van der Waals surface area contributed by atoms with Gasteiger partial charge in [-0.05, 0) is 51.4 Å². The van der Waals surface area contributed by atoms with Gasteiger partial charge in [0.1, 0.15) is 5.52 Å². The molecule has 136 valence electrons. The van der Waals surface area contributed by atoms with Crippen LogP contribution >= 0.6 is 0 Å². The molecule has 3 rings (SSSR count). The number of carbonyl (C=O) groups excluding carboxylic acids is 1. The van der Waals surface area contributed by atoms with E-state index in [0.717, 1.165) is 23.2 Å². The highest BCUT2D eigenvalue weighted by atomic mass is 16.5. The van der Waals surface area contributed by atoms with Crippen molar-refractivity contribution in [3.05, 3.63) is 53.6 Å². The van der Waals surface area contributed by atoms with Crippen LogP contribution in [0, 0.1) is 12.8 Å². The van der Waals surface area contributed by atoms with Crippen molar-refractivity contribution < 1.29 is 13.9 Å². The molecule has 26 heavy (non-hydrogen) atoms. The summed E-state index contributed by atoms with van der Waals surface area (Å²) in [6, 6.07) is 13.2. The number of esters is 1. The Morgan fingerprint density at radius 1 is 1.23 bits per heavy atom. The van der Waals surface area contributed by atoms with Crippen LogP contribution in [0.25, 0.3) is 22.6 Å². The number of fused-ring (bicyclic) bond motifs is 1. The largest absolute Gasteiger partial charge is 0.462 e. The first-order valence-corrected chi connectivity index (χ1v) is 8.72. The second kappa shape index (κ2) is 7.70. The molecule has 0 saturated heterocycles. The lowest BCUT2D eigenvalue weighted by atomic mass is 10.1. The molecule has 0 aliphatic carbocycles. The maximum absolute atomic E-state index is 12.3. The first-order valence-electron chi connectivity index (χ1n) is 8.72. The summed E-state index contributed by atoms with van der Waals surface area (Å²) in [5.74, 6) is 0.482. The Bertz CT molecular complexity index is 915. The van der Waals surface area contributed by atoms with E-state index in [1.165, 1.54) is 0 Å². The zero-order chi connectivity index (χ0) is 18.7. The highest BCUT2D eigenvalue weighted by molar-refractivity contribution is 5.93. The number of hydrogen-bond acceptors (Lipinski definition) is 5. The zero-order valence-corrected chi connectivity index (χ0v) is 15.7. The van der Waals surface area contributed by atoms with Crippen LogP contribution in [-0.2, 0) is 4.74 Å². The molecule has 1 atom stereocenters. The maximum Gasteiger partial charge on any atom is 0.338 e. The third-order valence-electron chi connectivity index (χ3n) is 4.06. The van der Waals surface area contributed by atoms with Crippen LogP contribution in [0.5, 0.6) is 0 Å². The predicted molar refractivity (Wildman–Crippen MR) is 102 cm³/mol. The number of aromatic nitrogens is 1. The molecule has 2 aromatic carbocycles. The van der Waals surface area contributed by atoms with Crippen LogP contribution in [-0.4, -0.2) is 43.1 Å². The van der Waals surface area contributed by atoms with Gasteiger partial charge in [-0.15, -0.1) is 0 Å². The van der Waals surface area contributed by atoms with Crippen molar-refractivity contribution in [3.63, 3.8) is 0 Å². The molecule has 1 heterocycles. The van der Waals surface area contributed by atoms with Crippen molar-refractivity contribution in [2.45, 2.75) is 13.8 Å². The predicted octanol–water partition coefficient (Wildman–Crippen LogP) is 4.16. The van der Waals surface area contributed by atoms with Crippen LogP contribution in [0.1, 0.15) is 22.8 Å². The first-order chi connectivity index (χ1) is 12.4. The molecule has 3 aromatic rings. The molecule has 0 aliphatic heterocycles. The van der Waals surface area contributed by atoms with Gasteiger partial charge in [-0.2, -0.15) is 0 Å². The SMILES string of the molecule is Cc1cccc(-c2nc3ccc(C(=O)OCC(C)CN(C)C)cc3o2)c1. The Hall–Kier alpha value is -2.66. The van der Waals surface area contributed by atoms with Gasteiger partial charge in [0, 0.05) is 18.0 Å². The summed E-state index contributed by atoms with van der Waals surface area (Å²) in [6.07, 6.45) is 0. The van der Waals surface area contributed by atoms with Gasteiger partial charge in [-0.25, -0.2) is 9.78 Å². The number of rotatable bonds is 6. The first kappa shape index (κ1) is 18.1. The number of oxazole rings is 1. The lowest BCUT2D eigenvalue weighted by molar-refractivity contribution is 0.0433. The summed E-state index contributed by atoms with van der Waals surface area (Å²) in [7, 11) is 4.00. The van der Waals surface area contributed by atoms with E-state index in [1.807, 2.05) is 45.3 Å².